The highest BCUT2D eigenvalue weighted by molar-refractivity contribution is 8.01. The topological polar surface area (TPSA) is 59.1 Å². The Labute approximate surface area is 189 Å². The number of fused-ring (bicyclic) bond motifs is 1. The number of thiazole rings is 1. The second kappa shape index (κ2) is 9.08. The van der Waals surface area contributed by atoms with E-state index in [-0.39, 0.29) is 16.7 Å². The van der Waals surface area contributed by atoms with Crippen LogP contribution in [0.1, 0.15) is 16.4 Å². The van der Waals surface area contributed by atoms with E-state index in [0.717, 1.165) is 25.7 Å². The van der Waals surface area contributed by atoms with E-state index in [4.69, 9.17) is 11.6 Å². The maximum atomic E-state index is 12.8. The number of nitrogens with one attached hydrogen (secondary N) is 1. The Morgan fingerprint density at radius 1 is 1.07 bits per heavy atom. The molecule has 0 amide bonds. The van der Waals surface area contributed by atoms with Crippen LogP contribution >= 0.6 is 34.7 Å². The molecule has 1 atom stereocenters. The van der Waals surface area contributed by atoms with Crippen LogP contribution in [-0.4, -0.2) is 19.9 Å². The first-order chi connectivity index (χ1) is 14.4. The molecule has 0 radical (unpaired) electrons. The van der Waals surface area contributed by atoms with Crippen molar-refractivity contribution in [2.75, 3.05) is 6.54 Å². The Hall–Kier alpha value is -1.90. The summed E-state index contributed by atoms with van der Waals surface area (Å²) >= 11 is 9.20. The van der Waals surface area contributed by atoms with Gasteiger partial charge in [-0.2, -0.15) is 0 Å². The molecule has 1 N–H and O–H groups in total. The first-order valence-electron chi connectivity index (χ1n) is 9.25. The van der Waals surface area contributed by atoms with E-state index in [1.165, 1.54) is 0 Å². The van der Waals surface area contributed by atoms with E-state index in [2.05, 4.69) is 9.71 Å². The minimum absolute atomic E-state index is 0.123. The number of halogens is 1. The third kappa shape index (κ3) is 5.04. The number of nitrogens with zero attached hydrogens (tertiary/aromatic N) is 1. The molecule has 0 saturated heterocycles. The molecule has 8 heteroatoms. The summed E-state index contributed by atoms with van der Waals surface area (Å²) in [6.45, 7) is 2.18. The summed E-state index contributed by atoms with van der Waals surface area (Å²) in [5.41, 5.74) is 2.90. The van der Waals surface area contributed by atoms with Crippen molar-refractivity contribution in [2.45, 2.75) is 21.4 Å². The molecule has 4 nitrogen and oxygen atoms in total. The predicted octanol–water partition coefficient (Wildman–Crippen LogP) is 6.07. The van der Waals surface area contributed by atoms with Crippen molar-refractivity contribution in [3.63, 3.8) is 0 Å². The maximum absolute atomic E-state index is 12.8. The number of thioether (sulfide) groups is 1. The Balaban J connectivity index is 1.57. The zero-order valence-corrected chi connectivity index (χ0v) is 19.3. The van der Waals surface area contributed by atoms with Crippen molar-refractivity contribution in [1.29, 1.82) is 0 Å². The summed E-state index contributed by atoms with van der Waals surface area (Å²) in [4.78, 5) is 4.93. The zero-order chi connectivity index (χ0) is 21.1. The molecule has 1 aromatic heterocycles. The molecule has 1 heterocycles. The summed E-state index contributed by atoms with van der Waals surface area (Å²) in [5.74, 6) is 0. The minimum atomic E-state index is -3.60. The molecule has 0 fully saturated rings. The van der Waals surface area contributed by atoms with Gasteiger partial charge in [-0.3, -0.25) is 0 Å². The lowest BCUT2D eigenvalue weighted by molar-refractivity contribution is 0.581. The monoisotopic (exact) mass is 474 g/mol. The highest BCUT2D eigenvalue weighted by atomic mass is 35.5. The Morgan fingerprint density at radius 3 is 2.53 bits per heavy atom. The first-order valence-corrected chi connectivity index (χ1v) is 12.8. The molecule has 0 aliphatic rings. The molecule has 4 rings (SSSR count). The van der Waals surface area contributed by atoms with Crippen LogP contribution in [0.5, 0.6) is 0 Å². The average Bonchev–Trinajstić information content (AvgIpc) is 3.13. The van der Waals surface area contributed by atoms with Crippen LogP contribution in [-0.2, 0) is 10.0 Å². The molecule has 154 valence electrons. The van der Waals surface area contributed by atoms with Crippen LogP contribution in [0, 0.1) is 6.92 Å². The van der Waals surface area contributed by atoms with E-state index >= 15 is 0 Å². The SMILES string of the molecule is Cc1ccc(S(=O)(=O)NC[C@H](Sc2nc3cc(Cl)ccc3s2)c2ccccc2)cc1. The van der Waals surface area contributed by atoms with Crippen LogP contribution in [0.3, 0.4) is 0 Å². The van der Waals surface area contributed by atoms with Crippen molar-refractivity contribution in [1.82, 2.24) is 9.71 Å². The van der Waals surface area contributed by atoms with Gasteiger partial charge in [-0.05, 0) is 42.8 Å². The number of benzene rings is 3. The van der Waals surface area contributed by atoms with E-state index in [0.29, 0.717) is 5.02 Å². The molecule has 0 aliphatic heterocycles. The van der Waals surface area contributed by atoms with E-state index < -0.39 is 10.0 Å². The number of hydrogen-bond donors (Lipinski definition) is 1. The van der Waals surface area contributed by atoms with E-state index in [1.54, 1.807) is 47.4 Å². The van der Waals surface area contributed by atoms with Crippen molar-refractivity contribution in [3.8, 4) is 0 Å². The summed E-state index contributed by atoms with van der Waals surface area (Å²) in [7, 11) is -3.60. The second-order valence-corrected chi connectivity index (χ2v) is 11.5. The Morgan fingerprint density at radius 2 is 1.80 bits per heavy atom. The van der Waals surface area contributed by atoms with Gasteiger partial charge in [0.1, 0.15) is 0 Å². The van der Waals surface area contributed by atoms with E-state index in [9.17, 15) is 8.42 Å². The summed E-state index contributed by atoms with van der Waals surface area (Å²) in [6, 6.07) is 22.3. The molecule has 0 spiro atoms. The van der Waals surface area contributed by atoms with Crippen molar-refractivity contribution < 1.29 is 8.42 Å². The molecular formula is C22H19ClN2O2S3. The fourth-order valence-corrected chi connectivity index (χ4v) is 6.59. The lowest BCUT2D eigenvalue weighted by Crippen LogP contribution is -2.27. The van der Waals surface area contributed by atoms with Crippen molar-refractivity contribution >= 4 is 54.9 Å². The smallest absolute Gasteiger partial charge is 0.230 e. The fourth-order valence-electron chi connectivity index (χ4n) is 2.93. The average molecular weight is 475 g/mol. The molecule has 0 unspecified atom stereocenters. The van der Waals surface area contributed by atoms with Crippen molar-refractivity contribution in [3.05, 3.63) is 88.9 Å². The number of aromatic nitrogens is 1. The molecule has 3 aromatic carbocycles. The highest BCUT2D eigenvalue weighted by Crippen LogP contribution is 2.39. The molecule has 0 saturated carbocycles. The van der Waals surface area contributed by atoms with Gasteiger partial charge in [0.2, 0.25) is 10.0 Å². The molecule has 0 aliphatic carbocycles. The van der Waals surface area contributed by atoms with Gasteiger partial charge in [-0.25, -0.2) is 18.1 Å². The predicted molar refractivity (Wildman–Crippen MR) is 126 cm³/mol. The van der Waals surface area contributed by atoms with Crippen LogP contribution in [0.25, 0.3) is 10.2 Å². The maximum Gasteiger partial charge on any atom is 0.240 e. The van der Waals surface area contributed by atoms with Crippen molar-refractivity contribution in [2.24, 2.45) is 0 Å². The fraction of sp³-hybridized carbons (Fsp3) is 0.136. The molecule has 30 heavy (non-hydrogen) atoms. The quantitative estimate of drug-likeness (QED) is 0.330. The number of rotatable bonds is 7. The normalized spacial score (nSPS) is 12.9. The van der Waals surface area contributed by atoms with E-state index in [1.807, 2.05) is 55.5 Å². The third-order valence-electron chi connectivity index (χ3n) is 4.53. The van der Waals surface area contributed by atoms with Gasteiger partial charge in [-0.15, -0.1) is 11.3 Å². The molecule has 0 bridgehead atoms. The first kappa shape index (κ1) is 21.3. The summed E-state index contributed by atoms with van der Waals surface area (Å²) < 4.78 is 30.2. The van der Waals surface area contributed by atoms with Gasteiger partial charge in [0.05, 0.1) is 20.4 Å². The van der Waals surface area contributed by atoms with Crippen LogP contribution in [0.2, 0.25) is 5.02 Å². The number of hydrogen-bond acceptors (Lipinski definition) is 5. The summed E-state index contributed by atoms with van der Waals surface area (Å²) in [6.07, 6.45) is 0. The van der Waals surface area contributed by atoms with Gasteiger partial charge < -0.3 is 0 Å². The standard InChI is InChI=1S/C22H19ClN2O2S3/c1-15-7-10-18(11-8-15)30(26,27)24-14-21(16-5-3-2-4-6-16)29-22-25-19-13-17(23)9-12-20(19)28-22/h2-13,21,24H,14H2,1H3/t21-/m0/s1. The van der Waals surface area contributed by atoms with Crippen LogP contribution < -0.4 is 4.72 Å². The van der Waals surface area contributed by atoms with Crippen LogP contribution in [0.15, 0.2) is 82.0 Å². The number of sulfonamides is 1. The Bertz CT molecular complexity index is 1260. The zero-order valence-electron chi connectivity index (χ0n) is 16.1. The summed E-state index contributed by atoms with van der Waals surface area (Å²) in [5, 5.41) is 0.525. The third-order valence-corrected chi connectivity index (χ3v) is 8.60. The highest BCUT2D eigenvalue weighted by Gasteiger charge is 2.20. The lowest BCUT2D eigenvalue weighted by Gasteiger charge is -2.17. The minimum Gasteiger partial charge on any atom is -0.230 e. The van der Waals surface area contributed by atoms with Crippen LogP contribution in [0.4, 0.5) is 0 Å². The lowest BCUT2D eigenvalue weighted by atomic mass is 10.1. The molecule has 4 aromatic rings. The van der Waals surface area contributed by atoms with Gasteiger partial charge in [-0.1, -0.05) is 71.4 Å². The largest absolute Gasteiger partial charge is 0.240 e. The van der Waals surface area contributed by atoms with Gasteiger partial charge in [0.15, 0.2) is 4.34 Å². The van der Waals surface area contributed by atoms with Gasteiger partial charge in [0.25, 0.3) is 0 Å². The second-order valence-electron chi connectivity index (χ2n) is 6.77. The molecular weight excluding hydrogens is 456 g/mol. The Kier molecular flexibility index (Phi) is 6.46. The van der Waals surface area contributed by atoms with Gasteiger partial charge >= 0.3 is 0 Å². The van der Waals surface area contributed by atoms with Gasteiger partial charge in [0, 0.05) is 11.6 Å². The number of aryl methyl sites for hydroxylation is 1.